The van der Waals surface area contributed by atoms with Crippen molar-refractivity contribution in [2.45, 2.75) is 39.0 Å². The Kier molecular flexibility index (Phi) is 4.88. The van der Waals surface area contributed by atoms with Crippen molar-refractivity contribution in [1.29, 1.82) is 0 Å². The summed E-state index contributed by atoms with van der Waals surface area (Å²) < 4.78 is 0. The largest absolute Gasteiger partial charge is 0.290 e. The molecular weight excluding hydrogens is 176 g/mol. The lowest BCUT2D eigenvalue weighted by Crippen LogP contribution is -1.79. The van der Waals surface area contributed by atoms with Gasteiger partial charge in [0.2, 0.25) is 0 Å². The molecule has 0 aromatic heterocycles. The maximum Gasteiger partial charge on any atom is 0.162 e. The van der Waals surface area contributed by atoms with Crippen LogP contribution in [0.2, 0.25) is 0 Å². The first-order valence-electron chi connectivity index (χ1n) is 4.92. The second-order valence-corrected chi connectivity index (χ2v) is 4.13. The van der Waals surface area contributed by atoms with E-state index in [4.69, 9.17) is 6.58 Å². The molecule has 0 amide bonds. The molecule has 0 spiro atoms. The molecule has 1 heteroatoms. The van der Waals surface area contributed by atoms with Gasteiger partial charge in [0.05, 0.1) is 0 Å². The smallest absolute Gasteiger partial charge is 0.162 e. The second-order valence-electron chi connectivity index (χ2n) is 3.25. The standard InChI is InChI=1S/C12H16S/c1-3-5-6-7-8-11-9-12(4-2)13-10-11/h2,4,9H,3,5-8H2,1H3. The molecular formula is C12H16S. The first kappa shape index (κ1) is 10.6. The molecule has 0 saturated carbocycles. The molecule has 0 aromatic rings. The fourth-order valence-corrected chi connectivity index (χ4v) is 1.98. The quantitative estimate of drug-likeness (QED) is 0.447. The van der Waals surface area contributed by atoms with Crippen molar-refractivity contribution in [3.8, 4) is 0 Å². The monoisotopic (exact) mass is 192 g/mol. The predicted octanol–water partition coefficient (Wildman–Crippen LogP) is 4.26. The first-order chi connectivity index (χ1) is 6.36. The average Bonchev–Trinajstić information content (AvgIpc) is 2.60. The molecule has 0 fully saturated rings. The molecule has 0 aromatic carbocycles. The Morgan fingerprint density at radius 1 is 1.46 bits per heavy atom. The molecule has 0 nitrogen and oxygen atoms in total. The van der Waals surface area contributed by atoms with Crippen LogP contribution in [-0.4, -0.2) is 0 Å². The molecule has 1 aliphatic rings. The van der Waals surface area contributed by atoms with Gasteiger partial charge >= 0.3 is 0 Å². The number of rotatable bonds is 6. The third-order valence-corrected chi connectivity index (χ3v) is 2.93. The van der Waals surface area contributed by atoms with E-state index in [1.165, 1.54) is 31.3 Å². The minimum absolute atomic E-state index is 1.13. The Bertz CT molecular complexity index is 223. The fraction of sp³-hybridized carbons (Fsp3) is 0.500. The zero-order valence-corrected chi connectivity index (χ0v) is 8.99. The van der Waals surface area contributed by atoms with E-state index in [1.807, 2.05) is 0 Å². The summed E-state index contributed by atoms with van der Waals surface area (Å²) in [6, 6.07) is 0. The van der Waals surface area contributed by atoms with Crippen molar-refractivity contribution in [3.05, 3.63) is 34.6 Å². The summed E-state index contributed by atoms with van der Waals surface area (Å²) in [4.78, 5) is 1.13. The van der Waals surface area contributed by atoms with Crippen LogP contribution in [0, 0.1) is 12.0 Å². The summed E-state index contributed by atoms with van der Waals surface area (Å²) in [5.74, 6) is 0. The predicted molar refractivity (Wildman–Crippen MR) is 60.1 cm³/mol. The highest BCUT2D eigenvalue weighted by Gasteiger charge is 2.10. The van der Waals surface area contributed by atoms with E-state index in [9.17, 15) is 0 Å². The molecule has 1 aliphatic heterocycles. The minimum atomic E-state index is 1.13. The fourth-order valence-electron chi connectivity index (χ4n) is 1.30. The van der Waals surface area contributed by atoms with Crippen LogP contribution in [0.5, 0.6) is 0 Å². The summed E-state index contributed by atoms with van der Waals surface area (Å²) in [5.41, 5.74) is 1.32. The SMILES string of the molecule is [CH-]=CC1=CC(CCCCCC)=[C+]S1. The lowest BCUT2D eigenvalue weighted by Gasteiger charge is -1.93. The van der Waals surface area contributed by atoms with Crippen LogP contribution in [0.4, 0.5) is 0 Å². The van der Waals surface area contributed by atoms with Crippen LogP contribution in [-0.2, 0) is 0 Å². The van der Waals surface area contributed by atoms with Crippen molar-refractivity contribution in [2.24, 2.45) is 0 Å². The molecule has 1 heterocycles. The van der Waals surface area contributed by atoms with Gasteiger partial charge in [0, 0.05) is 12.5 Å². The third-order valence-electron chi connectivity index (χ3n) is 2.08. The van der Waals surface area contributed by atoms with Gasteiger partial charge in [-0.25, -0.2) is 6.08 Å². The Morgan fingerprint density at radius 2 is 2.31 bits per heavy atom. The number of hydrogen-bond donors (Lipinski definition) is 0. The van der Waals surface area contributed by atoms with E-state index in [0.29, 0.717) is 0 Å². The van der Waals surface area contributed by atoms with Gasteiger partial charge in [-0.2, -0.15) is 0 Å². The third kappa shape index (κ3) is 3.80. The summed E-state index contributed by atoms with van der Waals surface area (Å²) in [7, 11) is 0. The van der Waals surface area contributed by atoms with Gasteiger partial charge in [0.15, 0.2) is 5.57 Å². The van der Waals surface area contributed by atoms with Gasteiger partial charge in [-0.05, 0) is 23.1 Å². The Hall–Kier alpha value is -0.520. The molecule has 0 bridgehead atoms. The Labute approximate surface area is 85.8 Å². The summed E-state index contributed by atoms with van der Waals surface area (Å²) in [5, 5.41) is 3.26. The van der Waals surface area contributed by atoms with Crippen LogP contribution in [0.3, 0.4) is 0 Å². The van der Waals surface area contributed by atoms with Crippen molar-refractivity contribution >= 4 is 11.8 Å². The highest BCUT2D eigenvalue weighted by Crippen LogP contribution is 2.30. The molecule has 0 unspecified atom stereocenters. The lowest BCUT2D eigenvalue weighted by atomic mass is 10.1. The van der Waals surface area contributed by atoms with E-state index in [1.54, 1.807) is 17.8 Å². The molecule has 0 N–H and O–H groups in total. The molecule has 0 atom stereocenters. The van der Waals surface area contributed by atoms with E-state index in [0.717, 1.165) is 11.3 Å². The summed E-state index contributed by atoms with van der Waals surface area (Å²) in [6.45, 7) is 7.64. The molecule has 0 aliphatic carbocycles. The van der Waals surface area contributed by atoms with Gasteiger partial charge in [0.1, 0.15) is 5.41 Å². The van der Waals surface area contributed by atoms with Gasteiger partial charge in [-0.3, -0.25) is 6.58 Å². The maximum atomic E-state index is 5.40. The number of allylic oxidation sites excluding steroid dienone is 3. The van der Waals surface area contributed by atoms with Gasteiger partial charge < -0.3 is 0 Å². The lowest BCUT2D eigenvalue weighted by molar-refractivity contribution is 0.668. The minimum Gasteiger partial charge on any atom is -0.290 e. The molecule has 13 heavy (non-hydrogen) atoms. The molecule has 0 saturated heterocycles. The maximum absolute atomic E-state index is 5.40. The van der Waals surface area contributed by atoms with Gasteiger partial charge in [0.25, 0.3) is 0 Å². The number of thioether (sulfide) groups is 1. The summed E-state index contributed by atoms with van der Waals surface area (Å²) >= 11 is 1.61. The van der Waals surface area contributed by atoms with Crippen molar-refractivity contribution in [3.63, 3.8) is 0 Å². The Morgan fingerprint density at radius 3 is 2.92 bits per heavy atom. The highest BCUT2D eigenvalue weighted by atomic mass is 32.2. The topological polar surface area (TPSA) is 0 Å². The molecule has 70 valence electrons. The van der Waals surface area contributed by atoms with Crippen LogP contribution >= 0.6 is 11.8 Å². The average molecular weight is 192 g/mol. The van der Waals surface area contributed by atoms with E-state index in [2.05, 4.69) is 18.4 Å². The van der Waals surface area contributed by atoms with Crippen LogP contribution in [0.1, 0.15) is 39.0 Å². The first-order valence-corrected chi connectivity index (χ1v) is 5.73. The van der Waals surface area contributed by atoms with Crippen molar-refractivity contribution in [1.82, 2.24) is 0 Å². The normalized spacial score (nSPS) is 14.8. The van der Waals surface area contributed by atoms with Crippen molar-refractivity contribution in [2.75, 3.05) is 0 Å². The van der Waals surface area contributed by atoms with Gasteiger partial charge in [-0.15, -0.1) is 0 Å². The van der Waals surface area contributed by atoms with E-state index < -0.39 is 0 Å². The van der Waals surface area contributed by atoms with Crippen LogP contribution in [0.25, 0.3) is 0 Å². The second kappa shape index (κ2) is 6.01. The Balaban J connectivity index is 2.16. The van der Waals surface area contributed by atoms with E-state index in [-0.39, 0.29) is 0 Å². The zero-order chi connectivity index (χ0) is 9.52. The number of hydrogen-bond acceptors (Lipinski definition) is 1. The van der Waals surface area contributed by atoms with Crippen molar-refractivity contribution < 1.29 is 0 Å². The van der Waals surface area contributed by atoms with Gasteiger partial charge in [-0.1, -0.05) is 26.2 Å². The number of unbranched alkanes of at least 4 members (excludes halogenated alkanes) is 3. The zero-order valence-electron chi connectivity index (χ0n) is 8.18. The van der Waals surface area contributed by atoms with Crippen LogP contribution in [0.15, 0.2) is 22.6 Å². The molecule has 0 radical (unpaired) electrons. The summed E-state index contributed by atoms with van der Waals surface area (Å²) in [6.07, 6.45) is 10.2. The highest BCUT2D eigenvalue weighted by molar-refractivity contribution is 8.05. The molecule has 1 rings (SSSR count). The van der Waals surface area contributed by atoms with E-state index >= 15 is 0 Å². The van der Waals surface area contributed by atoms with Crippen LogP contribution < -0.4 is 0 Å².